The molecule has 0 saturated carbocycles. The van der Waals surface area contributed by atoms with Crippen LogP contribution >= 0.6 is 0 Å². The predicted octanol–water partition coefficient (Wildman–Crippen LogP) is 1.78. The minimum absolute atomic E-state index is 0.333. The molecule has 0 N–H and O–H groups in total. The summed E-state index contributed by atoms with van der Waals surface area (Å²) in [5, 5.41) is 0. The number of aromatic nitrogens is 1. The van der Waals surface area contributed by atoms with Crippen LogP contribution in [-0.4, -0.2) is 24.4 Å². The first kappa shape index (κ1) is 10.6. The van der Waals surface area contributed by atoms with E-state index in [1.807, 2.05) is 0 Å². The summed E-state index contributed by atoms with van der Waals surface area (Å²) >= 11 is 0. The van der Waals surface area contributed by atoms with E-state index in [1.54, 1.807) is 13.1 Å². The molecular weight excluding hydrogens is 186 g/mol. The summed E-state index contributed by atoms with van der Waals surface area (Å²) in [5.74, 6) is 0.789. The molecular formula is C9H13NO4. The molecule has 0 atom stereocenters. The molecule has 0 aliphatic heterocycles. The zero-order valence-electron chi connectivity index (χ0n) is 8.06. The van der Waals surface area contributed by atoms with E-state index in [4.69, 9.17) is 9.15 Å². The van der Waals surface area contributed by atoms with Crippen LogP contribution in [0.25, 0.3) is 0 Å². The molecule has 1 aromatic heterocycles. The first-order chi connectivity index (χ1) is 6.83. The van der Waals surface area contributed by atoms with Gasteiger partial charge in [-0.1, -0.05) is 0 Å². The van der Waals surface area contributed by atoms with E-state index < -0.39 is 6.16 Å². The van der Waals surface area contributed by atoms with E-state index in [-0.39, 0.29) is 0 Å². The lowest BCUT2D eigenvalue weighted by atomic mass is 10.3. The third-order valence-electron chi connectivity index (χ3n) is 1.53. The smallest absolute Gasteiger partial charge is 0.449 e. The van der Waals surface area contributed by atoms with Crippen LogP contribution in [0, 0.1) is 0 Å². The molecule has 1 heterocycles. The Morgan fingerprint density at radius 2 is 2.43 bits per heavy atom. The number of ether oxygens (including phenoxy) is 2. The molecule has 0 radical (unpaired) electrons. The lowest BCUT2D eigenvalue weighted by Gasteiger charge is -2.02. The van der Waals surface area contributed by atoms with Crippen molar-refractivity contribution < 1.29 is 18.7 Å². The summed E-state index contributed by atoms with van der Waals surface area (Å²) in [6, 6.07) is 0. The highest BCUT2D eigenvalue weighted by atomic mass is 16.7. The lowest BCUT2D eigenvalue weighted by Crippen LogP contribution is -2.08. The van der Waals surface area contributed by atoms with Gasteiger partial charge in [0.25, 0.3) is 0 Å². The fourth-order valence-electron chi connectivity index (χ4n) is 0.927. The van der Waals surface area contributed by atoms with Crippen molar-refractivity contribution in [2.24, 2.45) is 0 Å². The van der Waals surface area contributed by atoms with Crippen molar-refractivity contribution in [3.8, 4) is 0 Å². The van der Waals surface area contributed by atoms with Crippen molar-refractivity contribution in [1.29, 1.82) is 0 Å². The minimum Gasteiger partial charge on any atom is -0.449 e. The van der Waals surface area contributed by atoms with Gasteiger partial charge < -0.3 is 13.9 Å². The molecule has 0 amide bonds. The fourth-order valence-corrected chi connectivity index (χ4v) is 0.927. The second kappa shape index (κ2) is 6.01. The van der Waals surface area contributed by atoms with Crippen LogP contribution < -0.4 is 0 Å². The first-order valence-corrected chi connectivity index (χ1v) is 4.50. The van der Waals surface area contributed by atoms with Gasteiger partial charge in [-0.2, -0.15) is 0 Å². The molecule has 0 aromatic carbocycles. The van der Waals surface area contributed by atoms with Crippen molar-refractivity contribution in [2.75, 3.05) is 13.2 Å². The summed E-state index contributed by atoms with van der Waals surface area (Å²) in [4.78, 5) is 14.5. The van der Waals surface area contributed by atoms with Gasteiger partial charge in [-0.25, -0.2) is 9.78 Å². The second-order valence-corrected chi connectivity index (χ2v) is 2.60. The van der Waals surface area contributed by atoms with Gasteiger partial charge in [-0.05, 0) is 13.3 Å². The molecule has 14 heavy (non-hydrogen) atoms. The highest BCUT2D eigenvalue weighted by Crippen LogP contribution is 2.01. The van der Waals surface area contributed by atoms with E-state index in [0.717, 1.165) is 5.76 Å². The van der Waals surface area contributed by atoms with Gasteiger partial charge in [0.1, 0.15) is 5.76 Å². The van der Waals surface area contributed by atoms with E-state index in [2.05, 4.69) is 9.72 Å². The van der Waals surface area contributed by atoms with E-state index in [1.165, 1.54) is 6.39 Å². The van der Waals surface area contributed by atoms with Crippen LogP contribution in [0.2, 0.25) is 0 Å². The Balaban J connectivity index is 2.02. The zero-order valence-corrected chi connectivity index (χ0v) is 8.06. The monoisotopic (exact) mass is 199 g/mol. The maximum atomic E-state index is 10.7. The van der Waals surface area contributed by atoms with Gasteiger partial charge in [0.15, 0.2) is 6.39 Å². The quantitative estimate of drug-likeness (QED) is 0.534. The van der Waals surface area contributed by atoms with Gasteiger partial charge in [0.05, 0.1) is 19.4 Å². The normalized spacial score (nSPS) is 9.79. The maximum absolute atomic E-state index is 10.7. The molecule has 1 rings (SSSR count). The molecule has 78 valence electrons. The third kappa shape index (κ3) is 3.93. The standard InChI is InChI=1S/C9H13NO4/c1-2-12-9(11)13-5-3-4-8-6-10-7-14-8/h6-7H,2-5H2,1H3. The molecule has 0 aliphatic carbocycles. The molecule has 1 aromatic rings. The topological polar surface area (TPSA) is 61.6 Å². The number of carbonyl (C=O) groups excluding carboxylic acids is 1. The Labute approximate surface area is 82.0 Å². The van der Waals surface area contributed by atoms with Gasteiger partial charge in [-0.3, -0.25) is 0 Å². The van der Waals surface area contributed by atoms with Crippen molar-refractivity contribution >= 4 is 6.16 Å². The average Bonchev–Trinajstić information content (AvgIpc) is 2.65. The molecule has 0 unspecified atom stereocenters. The lowest BCUT2D eigenvalue weighted by molar-refractivity contribution is 0.0581. The van der Waals surface area contributed by atoms with Crippen molar-refractivity contribution in [1.82, 2.24) is 4.98 Å². The van der Waals surface area contributed by atoms with Crippen molar-refractivity contribution in [2.45, 2.75) is 19.8 Å². The number of hydrogen-bond acceptors (Lipinski definition) is 5. The number of rotatable bonds is 5. The number of nitrogens with zero attached hydrogens (tertiary/aromatic N) is 1. The maximum Gasteiger partial charge on any atom is 0.508 e. The summed E-state index contributed by atoms with van der Waals surface area (Å²) in [7, 11) is 0. The van der Waals surface area contributed by atoms with Gasteiger partial charge >= 0.3 is 6.16 Å². The zero-order chi connectivity index (χ0) is 10.2. The van der Waals surface area contributed by atoms with Crippen LogP contribution in [0.4, 0.5) is 4.79 Å². The Bertz CT molecular complexity index is 258. The first-order valence-electron chi connectivity index (χ1n) is 4.50. The summed E-state index contributed by atoms with van der Waals surface area (Å²) in [6.45, 7) is 2.40. The average molecular weight is 199 g/mol. The van der Waals surface area contributed by atoms with E-state index >= 15 is 0 Å². The van der Waals surface area contributed by atoms with Gasteiger partial charge in [0.2, 0.25) is 0 Å². The largest absolute Gasteiger partial charge is 0.508 e. The molecule has 0 spiro atoms. The highest BCUT2D eigenvalue weighted by Gasteiger charge is 2.02. The SMILES string of the molecule is CCOC(=O)OCCCc1cnco1. The number of aryl methyl sites for hydroxylation is 1. The molecule has 0 fully saturated rings. The van der Waals surface area contributed by atoms with E-state index in [0.29, 0.717) is 26.1 Å². The van der Waals surface area contributed by atoms with Crippen LogP contribution in [-0.2, 0) is 15.9 Å². The summed E-state index contributed by atoms with van der Waals surface area (Å²) < 4.78 is 14.3. The van der Waals surface area contributed by atoms with Crippen molar-refractivity contribution in [3.63, 3.8) is 0 Å². The van der Waals surface area contributed by atoms with Crippen molar-refractivity contribution in [3.05, 3.63) is 18.4 Å². The Morgan fingerprint density at radius 1 is 1.57 bits per heavy atom. The Kier molecular flexibility index (Phi) is 4.54. The highest BCUT2D eigenvalue weighted by molar-refractivity contribution is 5.59. The van der Waals surface area contributed by atoms with Gasteiger partial charge in [0, 0.05) is 6.42 Å². The summed E-state index contributed by atoms with van der Waals surface area (Å²) in [5.41, 5.74) is 0. The minimum atomic E-state index is -0.620. The van der Waals surface area contributed by atoms with Crippen LogP contribution in [0.5, 0.6) is 0 Å². The molecule has 5 heteroatoms. The third-order valence-corrected chi connectivity index (χ3v) is 1.53. The fraction of sp³-hybridized carbons (Fsp3) is 0.556. The van der Waals surface area contributed by atoms with Crippen LogP contribution in [0.15, 0.2) is 17.0 Å². The number of hydrogen-bond donors (Lipinski definition) is 0. The Hall–Kier alpha value is -1.52. The summed E-state index contributed by atoms with van der Waals surface area (Å²) in [6.07, 6.45) is 3.81. The molecule has 0 saturated heterocycles. The Morgan fingerprint density at radius 3 is 3.07 bits per heavy atom. The van der Waals surface area contributed by atoms with Gasteiger partial charge in [-0.15, -0.1) is 0 Å². The van der Waals surface area contributed by atoms with Crippen LogP contribution in [0.1, 0.15) is 19.1 Å². The number of oxazole rings is 1. The predicted molar refractivity (Wildman–Crippen MR) is 47.8 cm³/mol. The van der Waals surface area contributed by atoms with E-state index in [9.17, 15) is 4.79 Å². The second-order valence-electron chi connectivity index (χ2n) is 2.60. The number of carbonyl (C=O) groups is 1. The van der Waals surface area contributed by atoms with Crippen LogP contribution in [0.3, 0.4) is 0 Å². The molecule has 0 aliphatic rings. The molecule has 0 bridgehead atoms. The molecule has 5 nitrogen and oxygen atoms in total.